The quantitative estimate of drug-likeness (QED) is 0.783. The lowest BCUT2D eigenvalue weighted by Crippen LogP contribution is -2.44. The molecule has 4 nitrogen and oxygen atoms in total. The second-order valence-electron chi connectivity index (χ2n) is 5.88. The second-order valence-corrected chi connectivity index (χ2v) is 5.88. The molecule has 0 aliphatic carbocycles. The summed E-state index contributed by atoms with van der Waals surface area (Å²) in [7, 11) is 0. The molecule has 0 aromatic carbocycles. The lowest BCUT2D eigenvalue weighted by molar-refractivity contribution is -0.00193. The van der Waals surface area contributed by atoms with Gasteiger partial charge in [-0.1, -0.05) is 6.92 Å². The molecule has 2 aliphatic heterocycles. The Kier molecular flexibility index (Phi) is 7.14. The van der Waals surface area contributed by atoms with Gasteiger partial charge < -0.3 is 15.0 Å². The zero-order chi connectivity index (χ0) is 13.3. The minimum Gasteiger partial charge on any atom is -0.377 e. The predicted molar refractivity (Wildman–Crippen MR) is 79.6 cm³/mol. The molecular formula is C15H31N3O. The molecule has 1 unspecified atom stereocenters. The zero-order valence-electron chi connectivity index (χ0n) is 12.6. The number of hydrogen-bond acceptors (Lipinski definition) is 4. The van der Waals surface area contributed by atoms with Crippen molar-refractivity contribution in [2.24, 2.45) is 0 Å². The average Bonchev–Trinajstić information content (AvgIpc) is 2.72. The van der Waals surface area contributed by atoms with Gasteiger partial charge in [0.05, 0.1) is 6.10 Å². The average molecular weight is 269 g/mol. The van der Waals surface area contributed by atoms with Crippen molar-refractivity contribution in [3.05, 3.63) is 0 Å². The molecule has 0 saturated carbocycles. The maximum absolute atomic E-state index is 5.91. The van der Waals surface area contributed by atoms with Gasteiger partial charge in [-0.25, -0.2) is 0 Å². The molecule has 0 bridgehead atoms. The molecule has 2 aliphatic rings. The van der Waals surface area contributed by atoms with Crippen LogP contribution in [0.4, 0.5) is 0 Å². The van der Waals surface area contributed by atoms with Crippen molar-refractivity contribution in [2.75, 3.05) is 59.0 Å². The Labute approximate surface area is 118 Å². The lowest BCUT2D eigenvalue weighted by atomic mass is 10.1. The first kappa shape index (κ1) is 15.2. The molecule has 0 aromatic rings. The van der Waals surface area contributed by atoms with Crippen LogP contribution < -0.4 is 5.32 Å². The summed E-state index contributed by atoms with van der Waals surface area (Å²) in [6.45, 7) is 12.8. The van der Waals surface area contributed by atoms with Gasteiger partial charge in [-0.3, -0.25) is 4.90 Å². The minimum absolute atomic E-state index is 0.486. The monoisotopic (exact) mass is 269 g/mol. The van der Waals surface area contributed by atoms with Crippen molar-refractivity contribution < 1.29 is 4.74 Å². The van der Waals surface area contributed by atoms with Crippen molar-refractivity contribution in [1.82, 2.24) is 15.1 Å². The normalized spacial score (nSPS) is 27.3. The standard InChI is InChI=1S/C15H31N3O/c1-2-13-19-15-5-3-8-18(14-15)12-11-17-9-4-6-16-7-10-17/h15-16H,2-14H2,1H3. The highest BCUT2D eigenvalue weighted by molar-refractivity contribution is 4.75. The van der Waals surface area contributed by atoms with Gasteiger partial charge in [0.1, 0.15) is 0 Å². The van der Waals surface area contributed by atoms with Gasteiger partial charge in [-0.15, -0.1) is 0 Å². The van der Waals surface area contributed by atoms with Crippen LogP contribution in [-0.4, -0.2) is 74.9 Å². The van der Waals surface area contributed by atoms with E-state index in [0.717, 1.165) is 26.1 Å². The number of nitrogens with zero attached hydrogens (tertiary/aromatic N) is 2. The highest BCUT2D eigenvalue weighted by Crippen LogP contribution is 2.13. The van der Waals surface area contributed by atoms with E-state index in [4.69, 9.17) is 4.74 Å². The second kappa shape index (κ2) is 8.90. The molecule has 2 saturated heterocycles. The fourth-order valence-electron chi connectivity index (χ4n) is 3.04. The highest BCUT2D eigenvalue weighted by Gasteiger charge is 2.20. The summed E-state index contributed by atoms with van der Waals surface area (Å²) in [6.07, 6.45) is 5.47. The SMILES string of the molecule is CCCOC1CCCN(CCN2CCCNCC2)C1. The van der Waals surface area contributed by atoms with E-state index in [9.17, 15) is 0 Å². The third-order valence-corrected chi connectivity index (χ3v) is 4.19. The maximum Gasteiger partial charge on any atom is 0.0702 e. The summed E-state index contributed by atoms with van der Waals surface area (Å²) < 4.78 is 5.91. The summed E-state index contributed by atoms with van der Waals surface area (Å²) >= 11 is 0. The van der Waals surface area contributed by atoms with Gasteiger partial charge >= 0.3 is 0 Å². The van der Waals surface area contributed by atoms with Crippen LogP contribution in [0.1, 0.15) is 32.6 Å². The van der Waals surface area contributed by atoms with Crippen LogP contribution in [0.2, 0.25) is 0 Å². The lowest BCUT2D eigenvalue weighted by Gasteiger charge is -2.34. The van der Waals surface area contributed by atoms with E-state index >= 15 is 0 Å². The first-order chi connectivity index (χ1) is 9.38. The van der Waals surface area contributed by atoms with Crippen LogP contribution in [0, 0.1) is 0 Å². The molecule has 19 heavy (non-hydrogen) atoms. The molecule has 2 heterocycles. The van der Waals surface area contributed by atoms with E-state index in [-0.39, 0.29) is 0 Å². The van der Waals surface area contributed by atoms with Crippen LogP contribution in [0.15, 0.2) is 0 Å². The molecule has 4 heteroatoms. The van der Waals surface area contributed by atoms with Gasteiger partial charge in [0.2, 0.25) is 0 Å². The van der Waals surface area contributed by atoms with Crippen LogP contribution in [-0.2, 0) is 4.74 Å². The molecule has 112 valence electrons. The number of piperidine rings is 1. The van der Waals surface area contributed by atoms with E-state index in [1.54, 1.807) is 0 Å². The summed E-state index contributed by atoms with van der Waals surface area (Å²) in [4.78, 5) is 5.21. The number of rotatable bonds is 6. The number of likely N-dealkylation sites (tertiary alicyclic amines) is 1. The van der Waals surface area contributed by atoms with Crippen LogP contribution in [0.25, 0.3) is 0 Å². The number of ether oxygens (including phenoxy) is 1. The first-order valence-electron chi connectivity index (χ1n) is 8.15. The zero-order valence-corrected chi connectivity index (χ0v) is 12.6. The number of hydrogen-bond donors (Lipinski definition) is 1. The van der Waals surface area contributed by atoms with Crippen LogP contribution >= 0.6 is 0 Å². The van der Waals surface area contributed by atoms with E-state index < -0.39 is 0 Å². The van der Waals surface area contributed by atoms with Crippen LogP contribution in [0.3, 0.4) is 0 Å². The molecule has 1 atom stereocenters. The van der Waals surface area contributed by atoms with Gasteiger partial charge in [-0.2, -0.15) is 0 Å². The van der Waals surface area contributed by atoms with Crippen molar-refractivity contribution >= 4 is 0 Å². The van der Waals surface area contributed by atoms with Gasteiger partial charge in [-0.05, 0) is 45.3 Å². The van der Waals surface area contributed by atoms with Gasteiger partial charge in [0.15, 0.2) is 0 Å². The summed E-state index contributed by atoms with van der Waals surface area (Å²) in [6, 6.07) is 0. The topological polar surface area (TPSA) is 27.7 Å². The predicted octanol–water partition coefficient (Wildman–Crippen LogP) is 1.17. The van der Waals surface area contributed by atoms with E-state index in [2.05, 4.69) is 22.0 Å². The molecule has 2 fully saturated rings. The van der Waals surface area contributed by atoms with Gasteiger partial charge in [0, 0.05) is 39.3 Å². The van der Waals surface area contributed by atoms with Crippen molar-refractivity contribution in [3.63, 3.8) is 0 Å². The largest absolute Gasteiger partial charge is 0.377 e. The van der Waals surface area contributed by atoms with Crippen molar-refractivity contribution in [1.29, 1.82) is 0 Å². The van der Waals surface area contributed by atoms with E-state index in [0.29, 0.717) is 6.10 Å². The molecule has 0 radical (unpaired) electrons. The number of nitrogens with one attached hydrogen (secondary N) is 1. The smallest absolute Gasteiger partial charge is 0.0702 e. The van der Waals surface area contributed by atoms with E-state index in [1.165, 1.54) is 58.5 Å². The summed E-state index contributed by atoms with van der Waals surface area (Å²) in [5.74, 6) is 0. The molecule has 1 N–H and O–H groups in total. The summed E-state index contributed by atoms with van der Waals surface area (Å²) in [5, 5.41) is 3.47. The Hall–Kier alpha value is -0.160. The third-order valence-electron chi connectivity index (χ3n) is 4.19. The van der Waals surface area contributed by atoms with E-state index in [1.807, 2.05) is 0 Å². The fraction of sp³-hybridized carbons (Fsp3) is 1.00. The minimum atomic E-state index is 0.486. The molecule has 2 rings (SSSR count). The molecule has 0 aromatic heterocycles. The third kappa shape index (κ3) is 5.78. The Morgan fingerprint density at radius 2 is 1.89 bits per heavy atom. The van der Waals surface area contributed by atoms with Crippen molar-refractivity contribution in [3.8, 4) is 0 Å². The Morgan fingerprint density at radius 1 is 1.05 bits per heavy atom. The Bertz CT molecular complexity index is 229. The molecule has 0 spiro atoms. The Balaban J connectivity index is 1.64. The highest BCUT2D eigenvalue weighted by atomic mass is 16.5. The maximum atomic E-state index is 5.91. The Morgan fingerprint density at radius 3 is 2.79 bits per heavy atom. The first-order valence-corrected chi connectivity index (χ1v) is 8.15. The van der Waals surface area contributed by atoms with Crippen LogP contribution in [0.5, 0.6) is 0 Å². The van der Waals surface area contributed by atoms with Crippen molar-refractivity contribution in [2.45, 2.75) is 38.7 Å². The van der Waals surface area contributed by atoms with Gasteiger partial charge in [0.25, 0.3) is 0 Å². The fourth-order valence-corrected chi connectivity index (χ4v) is 3.04. The molecular weight excluding hydrogens is 238 g/mol. The molecule has 0 amide bonds. The summed E-state index contributed by atoms with van der Waals surface area (Å²) in [5.41, 5.74) is 0.